The summed E-state index contributed by atoms with van der Waals surface area (Å²) in [7, 11) is 0. The number of anilines is 1. The number of hydrogen-bond acceptors (Lipinski definition) is 5. The van der Waals surface area contributed by atoms with Crippen molar-refractivity contribution < 1.29 is 22.5 Å². The molecular formula is C21H14F3N3O2S. The molecule has 9 heteroatoms. The lowest BCUT2D eigenvalue weighted by Crippen LogP contribution is -2.14. The van der Waals surface area contributed by atoms with Crippen molar-refractivity contribution in [2.75, 3.05) is 5.32 Å². The number of amides is 1. The van der Waals surface area contributed by atoms with Crippen LogP contribution >= 0.6 is 11.3 Å². The molecule has 0 spiro atoms. The highest BCUT2D eigenvalue weighted by molar-refractivity contribution is 7.13. The monoisotopic (exact) mass is 429 g/mol. The first-order valence-electron chi connectivity index (χ1n) is 8.83. The van der Waals surface area contributed by atoms with Gasteiger partial charge in [0.2, 0.25) is 11.7 Å². The summed E-state index contributed by atoms with van der Waals surface area (Å²) in [4.78, 5) is 17.8. The van der Waals surface area contributed by atoms with Crippen LogP contribution in [0.3, 0.4) is 0 Å². The zero-order valence-corrected chi connectivity index (χ0v) is 16.1. The third-order valence-electron chi connectivity index (χ3n) is 4.29. The Morgan fingerprint density at radius 2 is 1.80 bits per heavy atom. The minimum Gasteiger partial charge on any atom is -0.339 e. The van der Waals surface area contributed by atoms with Crippen LogP contribution in [0.1, 0.15) is 27.4 Å². The van der Waals surface area contributed by atoms with Gasteiger partial charge in [-0.15, -0.1) is 11.3 Å². The predicted octanol–water partition coefficient (Wildman–Crippen LogP) is 5.66. The maximum Gasteiger partial charge on any atom is 0.416 e. The molecule has 0 bridgehead atoms. The van der Waals surface area contributed by atoms with Crippen LogP contribution in [0, 0.1) is 0 Å². The number of halogens is 3. The highest BCUT2D eigenvalue weighted by Crippen LogP contribution is 2.29. The van der Waals surface area contributed by atoms with E-state index in [1.807, 2.05) is 17.5 Å². The van der Waals surface area contributed by atoms with E-state index in [2.05, 4.69) is 15.5 Å². The molecule has 0 fully saturated rings. The number of carbonyl (C=O) groups excluding carboxylic acids is 1. The molecule has 0 aliphatic heterocycles. The van der Waals surface area contributed by atoms with Gasteiger partial charge in [-0.2, -0.15) is 18.2 Å². The van der Waals surface area contributed by atoms with Crippen LogP contribution in [0.25, 0.3) is 10.7 Å². The Balaban J connectivity index is 1.50. The van der Waals surface area contributed by atoms with Gasteiger partial charge in [0, 0.05) is 11.3 Å². The molecule has 2 aromatic heterocycles. The average Bonchev–Trinajstić information content (AvgIpc) is 3.41. The molecule has 30 heavy (non-hydrogen) atoms. The van der Waals surface area contributed by atoms with E-state index in [4.69, 9.17) is 4.52 Å². The van der Waals surface area contributed by atoms with E-state index in [0.29, 0.717) is 23.8 Å². The number of carbonyl (C=O) groups is 1. The van der Waals surface area contributed by atoms with Crippen molar-refractivity contribution >= 4 is 22.9 Å². The molecule has 1 amide bonds. The van der Waals surface area contributed by atoms with Crippen molar-refractivity contribution in [3.05, 3.63) is 88.6 Å². The fourth-order valence-electron chi connectivity index (χ4n) is 2.80. The summed E-state index contributed by atoms with van der Waals surface area (Å²) in [5.41, 5.74) is 0.561. The van der Waals surface area contributed by atoms with E-state index < -0.39 is 17.6 Å². The molecule has 0 saturated heterocycles. The van der Waals surface area contributed by atoms with Gasteiger partial charge in [0.25, 0.3) is 5.91 Å². The quantitative estimate of drug-likeness (QED) is 0.445. The molecule has 0 unspecified atom stereocenters. The summed E-state index contributed by atoms with van der Waals surface area (Å²) < 4.78 is 43.4. The van der Waals surface area contributed by atoms with Gasteiger partial charge in [0.1, 0.15) is 0 Å². The zero-order chi connectivity index (χ0) is 21.1. The number of alkyl halides is 3. The lowest BCUT2D eigenvalue weighted by atomic mass is 10.1. The van der Waals surface area contributed by atoms with Gasteiger partial charge in [-0.05, 0) is 47.3 Å². The van der Waals surface area contributed by atoms with Crippen molar-refractivity contribution in [1.82, 2.24) is 10.1 Å². The molecule has 0 aliphatic carbocycles. The van der Waals surface area contributed by atoms with Gasteiger partial charge in [-0.3, -0.25) is 4.79 Å². The van der Waals surface area contributed by atoms with Crippen molar-refractivity contribution in [3.63, 3.8) is 0 Å². The number of nitrogens with zero attached hydrogens (tertiary/aromatic N) is 2. The fraction of sp³-hybridized carbons (Fsp3) is 0.0952. The second-order valence-corrected chi connectivity index (χ2v) is 7.30. The summed E-state index contributed by atoms with van der Waals surface area (Å²) in [5.74, 6) is 0.363. The van der Waals surface area contributed by atoms with Crippen LogP contribution in [-0.4, -0.2) is 16.0 Å². The second-order valence-electron chi connectivity index (χ2n) is 6.35. The van der Waals surface area contributed by atoms with E-state index in [0.717, 1.165) is 34.7 Å². The average molecular weight is 429 g/mol. The third kappa shape index (κ3) is 4.41. The molecule has 4 aromatic rings. The SMILES string of the molecule is O=C(Nc1ccccc1Cc1nc(-c2cccs2)no1)c1ccc(C(F)(F)F)cc1. The number of nitrogens with one attached hydrogen (secondary N) is 1. The molecule has 2 heterocycles. The Morgan fingerprint density at radius 1 is 1.03 bits per heavy atom. The summed E-state index contributed by atoms with van der Waals surface area (Å²) >= 11 is 1.49. The lowest BCUT2D eigenvalue weighted by Gasteiger charge is -2.11. The number of para-hydroxylation sites is 1. The minimum absolute atomic E-state index is 0.121. The van der Waals surface area contributed by atoms with Gasteiger partial charge >= 0.3 is 6.18 Å². The molecule has 0 atom stereocenters. The summed E-state index contributed by atoms with van der Waals surface area (Å²) in [6.45, 7) is 0. The van der Waals surface area contributed by atoms with E-state index in [-0.39, 0.29) is 5.56 Å². The second kappa shape index (κ2) is 8.11. The number of hydrogen-bond donors (Lipinski definition) is 1. The largest absolute Gasteiger partial charge is 0.416 e. The first-order valence-corrected chi connectivity index (χ1v) is 9.71. The van der Waals surface area contributed by atoms with Crippen molar-refractivity contribution in [3.8, 4) is 10.7 Å². The predicted molar refractivity (Wildman–Crippen MR) is 106 cm³/mol. The smallest absolute Gasteiger partial charge is 0.339 e. The Hall–Kier alpha value is -3.46. The highest BCUT2D eigenvalue weighted by Gasteiger charge is 2.30. The molecule has 152 valence electrons. The number of rotatable bonds is 5. The Kier molecular flexibility index (Phi) is 5.37. The van der Waals surface area contributed by atoms with Crippen LogP contribution in [0.5, 0.6) is 0 Å². The number of benzene rings is 2. The minimum atomic E-state index is -4.45. The third-order valence-corrected chi connectivity index (χ3v) is 5.16. The number of thiophene rings is 1. The Morgan fingerprint density at radius 3 is 2.50 bits per heavy atom. The lowest BCUT2D eigenvalue weighted by molar-refractivity contribution is -0.137. The van der Waals surface area contributed by atoms with E-state index in [9.17, 15) is 18.0 Å². The number of aromatic nitrogens is 2. The topological polar surface area (TPSA) is 68.0 Å². The molecule has 4 rings (SSSR count). The Labute approximate surface area is 173 Å². The first-order chi connectivity index (χ1) is 14.4. The van der Waals surface area contributed by atoms with Crippen LogP contribution in [0.15, 0.2) is 70.6 Å². The maximum absolute atomic E-state index is 12.7. The summed E-state index contributed by atoms with van der Waals surface area (Å²) in [6, 6.07) is 14.9. The van der Waals surface area contributed by atoms with Crippen molar-refractivity contribution in [2.24, 2.45) is 0 Å². The Bertz CT molecular complexity index is 1150. The maximum atomic E-state index is 12.7. The van der Waals surface area contributed by atoms with Crippen LogP contribution in [-0.2, 0) is 12.6 Å². The van der Waals surface area contributed by atoms with E-state index in [1.165, 1.54) is 11.3 Å². The van der Waals surface area contributed by atoms with Gasteiger partial charge in [0.05, 0.1) is 16.9 Å². The van der Waals surface area contributed by atoms with Gasteiger partial charge < -0.3 is 9.84 Å². The first kappa shape index (κ1) is 19.8. The fourth-order valence-corrected chi connectivity index (χ4v) is 3.45. The highest BCUT2D eigenvalue weighted by atomic mass is 32.1. The molecule has 0 aliphatic rings. The van der Waals surface area contributed by atoms with Gasteiger partial charge in [-0.25, -0.2) is 0 Å². The van der Waals surface area contributed by atoms with Crippen molar-refractivity contribution in [1.29, 1.82) is 0 Å². The molecule has 0 radical (unpaired) electrons. The van der Waals surface area contributed by atoms with Gasteiger partial charge in [0.15, 0.2) is 0 Å². The van der Waals surface area contributed by atoms with Crippen LogP contribution in [0.4, 0.5) is 18.9 Å². The zero-order valence-electron chi connectivity index (χ0n) is 15.3. The van der Waals surface area contributed by atoms with Gasteiger partial charge in [-0.1, -0.05) is 29.4 Å². The molecule has 2 aromatic carbocycles. The van der Waals surface area contributed by atoms with E-state index >= 15 is 0 Å². The van der Waals surface area contributed by atoms with Crippen LogP contribution in [0.2, 0.25) is 0 Å². The van der Waals surface area contributed by atoms with E-state index in [1.54, 1.807) is 24.3 Å². The summed E-state index contributed by atoms with van der Waals surface area (Å²) in [6.07, 6.45) is -4.16. The molecule has 5 nitrogen and oxygen atoms in total. The molecule has 0 saturated carbocycles. The summed E-state index contributed by atoms with van der Waals surface area (Å²) in [5, 5.41) is 8.61. The molecular weight excluding hydrogens is 415 g/mol. The van der Waals surface area contributed by atoms with Crippen molar-refractivity contribution in [2.45, 2.75) is 12.6 Å². The molecule has 1 N–H and O–H groups in total. The standard InChI is InChI=1S/C21H14F3N3O2S/c22-21(23,24)15-9-7-13(8-10-15)20(28)25-16-5-2-1-4-14(16)12-18-26-19(27-29-18)17-6-3-11-30-17/h1-11H,12H2,(H,25,28). The normalized spacial score (nSPS) is 11.4. The van der Waals surface area contributed by atoms with Crippen LogP contribution < -0.4 is 5.32 Å².